The van der Waals surface area contributed by atoms with Crippen molar-refractivity contribution in [2.45, 2.75) is 19.8 Å². The van der Waals surface area contributed by atoms with Gasteiger partial charge in [0.1, 0.15) is 5.75 Å². The second kappa shape index (κ2) is 9.00. The van der Waals surface area contributed by atoms with Gasteiger partial charge in [-0.05, 0) is 73.7 Å². The molecule has 0 spiro atoms. The Hall–Kier alpha value is -3.67. The van der Waals surface area contributed by atoms with E-state index in [2.05, 4.69) is 10.3 Å². The van der Waals surface area contributed by atoms with Crippen LogP contribution in [0.4, 0.5) is 5.69 Å². The first kappa shape index (κ1) is 20.6. The van der Waals surface area contributed by atoms with Crippen LogP contribution < -0.4 is 10.1 Å². The Morgan fingerprint density at radius 1 is 1.06 bits per heavy atom. The zero-order valence-electron chi connectivity index (χ0n) is 17.6. The van der Waals surface area contributed by atoms with E-state index in [-0.39, 0.29) is 5.91 Å². The molecule has 1 aromatic heterocycles. The van der Waals surface area contributed by atoms with Gasteiger partial charge in [-0.2, -0.15) is 0 Å². The number of aromatic nitrogens is 1. The molecule has 0 saturated heterocycles. The average molecular weight is 416 g/mol. The number of ether oxygens (including phenoxy) is 2. The Morgan fingerprint density at radius 2 is 1.84 bits per heavy atom. The molecule has 158 valence electrons. The number of esters is 1. The quantitative estimate of drug-likeness (QED) is 0.555. The number of nitrogens with one attached hydrogen (secondary N) is 1. The highest BCUT2D eigenvalue weighted by atomic mass is 16.5. The normalized spacial score (nSPS) is 12.8. The minimum atomic E-state index is -0.440. The number of benzene rings is 2. The van der Waals surface area contributed by atoms with Gasteiger partial charge in [0.15, 0.2) is 0 Å². The smallest absolute Gasteiger partial charge is 0.339 e. The first-order valence-corrected chi connectivity index (χ1v) is 10.2. The fraction of sp³-hybridized carbons (Fsp3) is 0.240. The number of pyridine rings is 1. The molecule has 0 atom stereocenters. The summed E-state index contributed by atoms with van der Waals surface area (Å²) in [4.78, 5) is 29.0. The number of aryl methyl sites for hydroxylation is 1. The lowest BCUT2D eigenvalue weighted by Crippen LogP contribution is -2.12. The van der Waals surface area contributed by atoms with Crippen molar-refractivity contribution in [1.29, 1.82) is 0 Å². The summed E-state index contributed by atoms with van der Waals surface area (Å²) in [7, 11) is 1.34. The van der Waals surface area contributed by atoms with Gasteiger partial charge in [0.2, 0.25) is 0 Å². The van der Waals surface area contributed by atoms with Crippen molar-refractivity contribution < 1.29 is 19.1 Å². The first-order valence-electron chi connectivity index (χ1n) is 10.2. The highest BCUT2D eigenvalue weighted by Crippen LogP contribution is 2.30. The van der Waals surface area contributed by atoms with Crippen LogP contribution in [0.5, 0.6) is 5.75 Å². The highest BCUT2D eigenvalue weighted by molar-refractivity contribution is 6.05. The fourth-order valence-electron chi connectivity index (χ4n) is 3.18. The van der Waals surface area contributed by atoms with Gasteiger partial charge in [0, 0.05) is 23.0 Å². The maximum absolute atomic E-state index is 12.7. The van der Waals surface area contributed by atoms with Gasteiger partial charge in [0.05, 0.1) is 25.0 Å². The number of amides is 1. The van der Waals surface area contributed by atoms with Gasteiger partial charge < -0.3 is 14.8 Å². The highest BCUT2D eigenvalue weighted by Gasteiger charge is 2.21. The average Bonchev–Trinajstić information content (AvgIpc) is 3.63. The predicted molar refractivity (Wildman–Crippen MR) is 118 cm³/mol. The van der Waals surface area contributed by atoms with E-state index in [1.165, 1.54) is 20.0 Å². The molecule has 31 heavy (non-hydrogen) atoms. The first-order chi connectivity index (χ1) is 15.0. The van der Waals surface area contributed by atoms with Crippen LogP contribution in [0, 0.1) is 12.8 Å². The number of nitrogens with zero attached hydrogens (tertiary/aromatic N) is 1. The van der Waals surface area contributed by atoms with Gasteiger partial charge in [0.25, 0.3) is 5.91 Å². The van der Waals surface area contributed by atoms with Crippen LogP contribution in [0.1, 0.15) is 39.3 Å². The Balaban J connectivity index is 1.47. The van der Waals surface area contributed by atoms with Crippen LogP contribution in [0.25, 0.3) is 11.1 Å². The number of hydrogen-bond acceptors (Lipinski definition) is 5. The third-order valence-corrected chi connectivity index (χ3v) is 5.25. The van der Waals surface area contributed by atoms with Crippen molar-refractivity contribution in [1.82, 2.24) is 4.98 Å². The van der Waals surface area contributed by atoms with E-state index in [0.29, 0.717) is 28.4 Å². The molecule has 1 aliphatic rings. The molecule has 1 heterocycles. The number of rotatable bonds is 7. The van der Waals surface area contributed by atoms with Crippen molar-refractivity contribution in [3.8, 4) is 16.9 Å². The lowest BCUT2D eigenvalue weighted by atomic mass is 10.0. The standard InChI is InChI=1S/C25H24N2O4/c1-16-23(25(29)30-2)13-20(14-26-16)18-4-3-5-19(12-18)24(28)27-21-8-10-22(11-9-21)31-15-17-6-7-17/h3-5,8-14,17H,6-7,15H2,1-2H3,(H,27,28). The van der Waals surface area contributed by atoms with Crippen molar-refractivity contribution in [3.05, 3.63) is 77.6 Å². The van der Waals surface area contributed by atoms with Crippen LogP contribution in [0.3, 0.4) is 0 Å². The molecule has 1 aliphatic carbocycles. The maximum atomic E-state index is 12.7. The van der Waals surface area contributed by atoms with Gasteiger partial charge in [-0.25, -0.2) is 4.79 Å². The zero-order chi connectivity index (χ0) is 21.8. The molecule has 1 amide bonds. The topological polar surface area (TPSA) is 77.5 Å². The van der Waals surface area contributed by atoms with Crippen molar-refractivity contribution in [2.24, 2.45) is 5.92 Å². The summed E-state index contributed by atoms with van der Waals surface area (Å²) in [6, 6.07) is 16.3. The summed E-state index contributed by atoms with van der Waals surface area (Å²) in [6.07, 6.45) is 4.17. The Morgan fingerprint density at radius 3 is 2.55 bits per heavy atom. The fourth-order valence-corrected chi connectivity index (χ4v) is 3.18. The molecule has 0 radical (unpaired) electrons. The molecule has 0 bridgehead atoms. The van der Waals surface area contributed by atoms with E-state index >= 15 is 0 Å². The van der Waals surface area contributed by atoms with E-state index < -0.39 is 5.97 Å². The third-order valence-electron chi connectivity index (χ3n) is 5.25. The number of anilines is 1. The number of carbonyl (C=O) groups is 2. The van der Waals surface area contributed by atoms with E-state index in [9.17, 15) is 9.59 Å². The maximum Gasteiger partial charge on any atom is 0.339 e. The van der Waals surface area contributed by atoms with Crippen LogP contribution in [-0.2, 0) is 4.74 Å². The lowest BCUT2D eigenvalue weighted by molar-refractivity contribution is 0.0599. The van der Waals surface area contributed by atoms with Crippen molar-refractivity contribution >= 4 is 17.6 Å². The van der Waals surface area contributed by atoms with Crippen LogP contribution >= 0.6 is 0 Å². The van der Waals surface area contributed by atoms with Crippen LogP contribution in [0.15, 0.2) is 60.8 Å². The van der Waals surface area contributed by atoms with Crippen LogP contribution in [0.2, 0.25) is 0 Å². The molecular formula is C25H24N2O4. The van der Waals surface area contributed by atoms with E-state index in [1.807, 2.05) is 30.3 Å². The van der Waals surface area contributed by atoms with E-state index in [0.717, 1.165) is 23.5 Å². The summed E-state index contributed by atoms with van der Waals surface area (Å²) in [5.74, 6) is 0.839. The number of methoxy groups -OCH3 is 1. The molecule has 6 nitrogen and oxygen atoms in total. The van der Waals surface area contributed by atoms with Gasteiger partial charge in [-0.3, -0.25) is 9.78 Å². The Bertz CT molecular complexity index is 1100. The molecule has 2 aromatic carbocycles. The molecule has 0 aliphatic heterocycles. The third kappa shape index (κ3) is 5.09. The Kier molecular flexibility index (Phi) is 5.98. The molecule has 1 saturated carbocycles. The summed E-state index contributed by atoms with van der Waals surface area (Å²) in [6.45, 7) is 2.51. The van der Waals surface area contributed by atoms with E-state index in [1.54, 1.807) is 37.4 Å². The lowest BCUT2D eigenvalue weighted by Gasteiger charge is -2.10. The van der Waals surface area contributed by atoms with Crippen molar-refractivity contribution in [2.75, 3.05) is 19.0 Å². The molecule has 1 N–H and O–H groups in total. The predicted octanol–water partition coefficient (Wildman–Crippen LogP) is 4.88. The molecule has 4 rings (SSSR count). The summed E-state index contributed by atoms with van der Waals surface area (Å²) in [5, 5.41) is 2.90. The molecular weight excluding hydrogens is 392 g/mol. The minimum absolute atomic E-state index is 0.221. The SMILES string of the molecule is COC(=O)c1cc(-c2cccc(C(=O)Nc3ccc(OCC4CC4)cc3)c2)cnc1C. The van der Waals surface area contributed by atoms with Gasteiger partial charge in [-0.15, -0.1) is 0 Å². The summed E-state index contributed by atoms with van der Waals surface area (Å²) in [5.41, 5.74) is 3.71. The second-order valence-electron chi connectivity index (χ2n) is 7.66. The second-order valence-corrected chi connectivity index (χ2v) is 7.66. The molecule has 1 fully saturated rings. The monoisotopic (exact) mass is 416 g/mol. The summed E-state index contributed by atoms with van der Waals surface area (Å²) >= 11 is 0. The molecule has 3 aromatic rings. The molecule has 0 unspecified atom stereocenters. The van der Waals surface area contributed by atoms with Crippen molar-refractivity contribution in [3.63, 3.8) is 0 Å². The van der Waals surface area contributed by atoms with Gasteiger partial charge >= 0.3 is 5.97 Å². The Labute approximate surface area is 181 Å². The number of carbonyl (C=O) groups excluding carboxylic acids is 2. The van der Waals surface area contributed by atoms with Gasteiger partial charge in [-0.1, -0.05) is 12.1 Å². The van der Waals surface area contributed by atoms with Crippen LogP contribution in [-0.4, -0.2) is 30.6 Å². The summed E-state index contributed by atoms with van der Waals surface area (Å²) < 4.78 is 10.6. The zero-order valence-corrected chi connectivity index (χ0v) is 17.6. The largest absolute Gasteiger partial charge is 0.493 e. The minimum Gasteiger partial charge on any atom is -0.493 e. The number of hydrogen-bond donors (Lipinski definition) is 1. The van der Waals surface area contributed by atoms with E-state index in [4.69, 9.17) is 9.47 Å². The molecule has 6 heteroatoms.